The van der Waals surface area contributed by atoms with Crippen molar-refractivity contribution < 1.29 is 9.53 Å². The molecule has 0 radical (unpaired) electrons. The van der Waals surface area contributed by atoms with Gasteiger partial charge in [0.15, 0.2) is 4.98 Å². The minimum Gasteiger partial charge on any atom is -0.460 e. The van der Waals surface area contributed by atoms with Crippen molar-refractivity contribution in [3.8, 4) is 0 Å². The number of fused-ring (bicyclic) bond motifs is 1. The maximum Gasteiger partial charge on any atom is 0.446 e. The van der Waals surface area contributed by atoms with Crippen molar-refractivity contribution in [3.05, 3.63) is 26.7 Å². The predicted octanol–water partition coefficient (Wildman–Crippen LogP) is 1.95. The molecule has 92 valence electrons. The average Bonchev–Trinajstić information content (AvgIpc) is 2.66. The van der Waals surface area contributed by atoms with E-state index in [4.69, 9.17) is 10.1 Å². The molecular weight excluding hydrogens is 256 g/mol. The molecule has 8 heteroatoms. The van der Waals surface area contributed by atoms with Crippen molar-refractivity contribution in [1.29, 1.82) is 5.39 Å². The van der Waals surface area contributed by atoms with Crippen LogP contribution < -0.4 is 5.56 Å². The van der Waals surface area contributed by atoms with Gasteiger partial charge in [0.1, 0.15) is 4.83 Å². The Hall–Kier alpha value is -2.27. The summed E-state index contributed by atoms with van der Waals surface area (Å²) in [5, 5.41) is 9.39. The number of aromatic amines is 1. The molecule has 7 nitrogen and oxygen atoms in total. The SMILES string of the molecule is CCOC(=O)c1nc2sc([N+]#N)c(C)c2c(=O)[nH]1. The molecular formula is C10H9N4O3S+. The molecule has 2 rings (SSSR count). The van der Waals surface area contributed by atoms with E-state index in [1.54, 1.807) is 13.8 Å². The van der Waals surface area contributed by atoms with Crippen LogP contribution >= 0.6 is 11.3 Å². The summed E-state index contributed by atoms with van der Waals surface area (Å²) >= 11 is 1.03. The van der Waals surface area contributed by atoms with Crippen LogP contribution in [0.25, 0.3) is 15.2 Å². The van der Waals surface area contributed by atoms with E-state index in [2.05, 4.69) is 14.9 Å². The number of ether oxygens (including phenoxy) is 1. The summed E-state index contributed by atoms with van der Waals surface area (Å²) in [6.45, 7) is 3.50. The summed E-state index contributed by atoms with van der Waals surface area (Å²) in [5.74, 6) is -0.842. The van der Waals surface area contributed by atoms with E-state index in [0.717, 1.165) is 11.3 Å². The van der Waals surface area contributed by atoms with Crippen molar-refractivity contribution in [1.82, 2.24) is 9.97 Å². The Kier molecular flexibility index (Phi) is 3.08. The van der Waals surface area contributed by atoms with Crippen LogP contribution in [-0.4, -0.2) is 22.5 Å². The third-order valence-electron chi connectivity index (χ3n) is 2.33. The second-order valence-corrected chi connectivity index (χ2v) is 4.42. The molecule has 1 N–H and O–H groups in total. The minimum atomic E-state index is -0.690. The Bertz CT molecular complexity index is 725. The molecule has 2 aromatic rings. The molecule has 0 aliphatic rings. The topological polar surface area (TPSA) is 100 Å². The number of hydrogen-bond donors (Lipinski definition) is 1. The zero-order chi connectivity index (χ0) is 13.3. The quantitative estimate of drug-likeness (QED) is 0.660. The summed E-state index contributed by atoms with van der Waals surface area (Å²) in [6, 6.07) is 0. The largest absolute Gasteiger partial charge is 0.460 e. The number of nitrogens with one attached hydrogen (secondary N) is 1. The maximum atomic E-state index is 11.8. The molecule has 2 aromatic heterocycles. The van der Waals surface area contributed by atoms with Gasteiger partial charge in [-0.2, -0.15) is 0 Å². The Morgan fingerprint density at radius 2 is 2.33 bits per heavy atom. The fourth-order valence-corrected chi connectivity index (χ4v) is 2.49. The number of diazo groups is 1. The zero-order valence-corrected chi connectivity index (χ0v) is 10.5. The van der Waals surface area contributed by atoms with Gasteiger partial charge in [0.25, 0.3) is 5.56 Å². The Morgan fingerprint density at radius 1 is 1.61 bits per heavy atom. The van der Waals surface area contributed by atoms with Gasteiger partial charge in [-0.1, -0.05) is 0 Å². The molecule has 0 saturated heterocycles. The van der Waals surface area contributed by atoms with Crippen molar-refractivity contribution in [2.24, 2.45) is 0 Å². The number of carbonyl (C=O) groups is 1. The molecule has 0 spiro atoms. The van der Waals surface area contributed by atoms with Crippen LogP contribution in [0.5, 0.6) is 0 Å². The number of hydrogen-bond acceptors (Lipinski definition) is 6. The van der Waals surface area contributed by atoms with E-state index in [1.165, 1.54) is 0 Å². The van der Waals surface area contributed by atoms with Gasteiger partial charge in [-0.15, -0.1) is 0 Å². The van der Waals surface area contributed by atoms with Crippen LogP contribution in [0.1, 0.15) is 23.1 Å². The zero-order valence-electron chi connectivity index (χ0n) is 9.68. The number of H-pyrrole nitrogens is 1. The lowest BCUT2D eigenvalue weighted by Gasteiger charge is -2.00. The second kappa shape index (κ2) is 4.54. The third kappa shape index (κ3) is 1.84. The van der Waals surface area contributed by atoms with Crippen LogP contribution in [0, 0.1) is 12.3 Å². The van der Waals surface area contributed by atoms with Crippen molar-refractivity contribution in [3.63, 3.8) is 0 Å². The first-order chi connectivity index (χ1) is 8.58. The van der Waals surface area contributed by atoms with Crippen LogP contribution in [-0.2, 0) is 4.74 Å². The van der Waals surface area contributed by atoms with Gasteiger partial charge in [0.2, 0.25) is 11.2 Å². The molecule has 0 amide bonds. The van der Waals surface area contributed by atoms with E-state index in [-0.39, 0.29) is 12.4 Å². The molecule has 0 atom stereocenters. The van der Waals surface area contributed by atoms with Gasteiger partial charge in [-0.25, -0.2) is 9.78 Å². The highest BCUT2D eigenvalue weighted by atomic mass is 32.1. The fourth-order valence-electron chi connectivity index (χ4n) is 1.52. The van der Waals surface area contributed by atoms with Gasteiger partial charge >= 0.3 is 11.0 Å². The normalized spacial score (nSPS) is 10.3. The van der Waals surface area contributed by atoms with E-state index >= 15 is 0 Å². The number of nitrogens with zero attached hydrogens (tertiary/aromatic N) is 3. The van der Waals surface area contributed by atoms with Crippen LogP contribution in [0.2, 0.25) is 0 Å². The fraction of sp³-hybridized carbons (Fsp3) is 0.300. The highest BCUT2D eigenvalue weighted by Gasteiger charge is 2.23. The van der Waals surface area contributed by atoms with Gasteiger partial charge in [-0.05, 0) is 25.2 Å². The lowest BCUT2D eigenvalue weighted by Crippen LogP contribution is -2.17. The lowest BCUT2D eigenvalue weighted by molar-refractivity contribution is 0.0512. The van der Waals surface area contributed by atoms with Gasteiger partial charge in [0, 0.05) is 0 Å². The van der Waals surface area contributed by atoms with Gasteiger partial charge < -0.3 is 9.72 Å². The monoisotopic (exact) mass is 265 g/mol. The summed E-state index contributed by atoms with van der Waals surface area (Å²) in [7, 11) is 0. The van der Waals surface area contributed by atoms with Crippen molar-refractivity contribution in [2.75, 3.05) is 6.61 Å². The minimum absolute atomic E-state index is 0.153. The van der Waals surface area contributed by atoms with Gasteiger partial charge in [0.05, 0.1) is 17.6 Å². The molecule has 0 aliphatic carbocycles. The van der Waals surface area contributed by atoms with Crippen LogP contribution in [0.4, 0.5) is 5.00 Å². The number of aryl methyl sites for hydroxylation is 1. The summed E-state index contributed by atoms with van der Waals surface area (Å²) < 4.78 is 4.76. The third-order valence-corrected chi connectivity index (χ3v) is 3.40. The van der Waals surface area contributed by atoms with E-state index < -0.39 is 11.5 Å². The molecule has 18 heavy (non-hydrogen) atoms. The average molecular weight is 265 g/mol. The highest BCUT2D eigenvalue weighted by molar-refractivity contribution is 7.22. The molecule has 0 fully saturated rings. The van der Waals surface area contributed by atoms with E-state index in [9.17, 15) is 9.59 Å². The summed E-state index contributed by atoms with van der Waals surface area (Å²) in [6.07, 6.45) is 0. The van der Waals surface area contributed by atoms with Crippen molar-refractivity contribution in [2.45, 2.75) is 13.8 Å². The predicted molar refractivity (Wildman–Crippen MR) is 65.7 cm³/mol. The Morgan fingerprint density at radius 3 is 2.94 bits per heavy atom. The molecule has 0 saturated carbocycles. The molecule has 0 aliphatic heterocycles. The summed E-state index contributed by atoms with van der Waals surface area (Å²) in [5.41, 5.74) is 0.0772. The molecule has 0 aromatic carbocycles. The maximum absolute atomic E-state index is 11.8. The first-order valence-corrected chi connectivity index (χ1v) is 5.95. The molecule has 2 heterocycles. The van der Waals surface area contributed by atoms with Crippen LogP contribution in [0.15, 0.2) is 4.79 Å². The van der Waals surface area contributed by atoms with E-state index in [1.807, 2.05) is 0 Å². The summed E-state index contributed by atoms with van der Waals surface area (Å²) in [4.78, 5) is 33.1. The Balaban J connectivity index is 2.68. The molecule has 0 bridgehead atoms. The second-order valence-electron chi connectivity index (χ2n) is 3.45. The lowest BCUT2D eigenvalue weighted by atomic mass is 10.2. The van der Waals surface area contributed by atoms with E-state index in [0.29, 0.717) is 20.8 Å². The number of carbonyl (C=O) groups excluding carboxylic acids is 1. The molecule has 0 unspecified atom stereocenters. The Labute approximate surface area is 105 Å². The van der Waals surface area contributed by atoms with Gasteiger partial charge in [-0.3, -0.25) is 4.79 Å². The number of esters is 1. The first kappa shape index (κ1) is 12.2. The highest BCUT2D eigenvalue weighted by Crippen LogP contribution is 2.33. The van der Waals surface area contributed by atoms with Crippen LogP contribution in [0.3, 0.4) is 0 Å². The smallest absolute Gasteiger partial charge is 0.446 e. The number of rotatable bonds is 2. The van der Waals surface area contributed by atoms with Crippen molar-refractivity contribution >= 4 is 32.5 Å². The number of aromatic nitrogens is 2. The number of thiophene rings is 1. The standard InChI is InChI=1S/C10H8N4O3S/c1-3-17-10(16)6-12-7(15)5-4(2)8(14-11)18-9(5)13-6/h3H2,1-2H3/p+1. The first-order valence-electron chi connectivity index (χ1n) is 5.14.